The van der Waals surface area contributed by atoms with Gasteiger partial charge in [-0.2, -0.15) is 0 Å². The Hall–Kier alpha value is -2.92. The lowest BCUT2D eigenvalue weighted by Crippen LogP contribution is -2.43. The molecule has 0 bridgehead atoms. The predicted molar refractivity (Wildman–Crippen MR) is 122 cm³/mol. The third-order valence-corrected chi connectivity index (χ3v) is 5.57. The number of Topliss-reactive ketones (excluding diaryl/α,β-unsaturated/α-hetero) is 1. The summed E-state index contributed by atoms with van der Waals surface area (Å²) < 4.78 is 20.6. The molecule has 3 N–H and O–H groups in total. The summed E-state index contributed by atoms with van der Waals surface area (Å²) in [6, 6.07) is 4.02. The number of methoxy groups -OCH3 is 1. The highest BCUT2D eigenvalue weighted by molar-refractivity contribution is 8.00. The highest BCUT2D eigenvalue weighted by atomic mass is 32.2. The van der Waals surface area contributed by atoms with Gasteiger partial charge in [0.15, 0.2) is 11.5 Å². The number of hydrogen-bond donors (Lipinski definition) is 2. The van der Waals surface area contributed by atoms with Crippen LogP contribution in [0.1, 0.15) is 31.1 Å². The third kappa shape index (κ3) is 6.07. The van der Waals surface area contributed by atoms with Crippen molar-refractivity contribution < 1.29 is 18.7 Å². The number of nitrogens with two attached hydrogens (primary N) is 1. The van der Waals surface area contributed by atoms with Crippen LogP contribution >= 0.6 is 11.8 Å². The number of rotatable bonds is 10. The fourth-order valence-corrected chi connectivity index (χ4v) is 3.78. The maximum absolute atomic E-state index is 14.3. The molecular formula is C21H27FN4O5S. The number of aromatic nitrogens is 2. The summed E-state index contributed by atoms with van der Waals surface area (Å²) in [7, 11) is 1.44. The Balaban J connectivity index is 2.36. The van der Waals surface area contributed by atoms with Gasteiger partial charge < -0.3 is 15.4 Å². The molecule has 9 nitrogen and oxygen atoms in total. The summed E-state index contributed by atoms with van der Waals surface area (Å²) in [5, 5.41) is 0. The van der Waals surface area contributed by atoms with Crippen molar-refractivity contribution in [1.29, 1.82) is 0 Å². The van der Waals surface area contributed by atoms with Crippen LogP contribution in [0.3, 0.4) is 0 Å². The molecule has 0 aliphatic heterocycles. The van der Waals surface area contributed by atoms with Crippen molar-refractivity contribution >= 4 is 35.0 Å². The van der Waals surface area contributed by atoms with E-state index in [1.54, 1.807) is 0 Å². The predicted octanol–water partition coefficient (Wildman–Crippen LogP) is 1.89. The molecule has 0 atom stereocenters. The van der Waals surface area contributed by atoms with Crippen LogP contribution in [0.25, 0.3) is 0 Å². The average Bonchev–Trinajstić information content (AvgIpc) is 2.71. The first-order valence-electron chi connectivity index (χ1n) is 9.92. The van der Waals surface area contributed by atoms with Gasteiger partial charge in [0, 0.05) is 30.7 Å². The lowest BCUT2D eigenvalue weighted by Gasteiger charge is -2.24. The second-order valence-electron chi connectivity index (χ2n) is 7.53. The van der Waals surface area contributed by atoms with E-state index in [1.165, 1.54) is 30.7 Å². The van der Waals surface area contributed by atoms with Crippen molar-refractivity contribution in [3.8, 4) is 0 Å². The van der Waals surface area contributed by atoms with Crippen LogP contribution in [0.5, 0.6) is 0 Å². The van der Waals surface area contributed by atoms with E-state index >= 15 is 0 Å². The van der Waals surface area contributed by atoms with Crippen molar-refractivity contribution in [2.45, 2.75) is 32.2 Å². The third-order valence-electron chi connectivity index (χ3n) is 4.54. The van der Waals surface area contributed by atoms with Gasteiger partial charge in [-0.3, -0.25) is 23.9 Å². The molecule has 0 radical (unpaired) electrons. The summed E-state index contributed by atoms with van der Waals surface area (Å²) in [4.78, 5) is 52.7. The molecule has 174 valence electrons. The van der Waals surface area contributed by atoms with Crippen molar-refractivity contribution in [3.05, 3.63) is 50.4 Å². The average molecular weight is 467 g/mol. The first-order valence-corrected chi connectivity index (χ1v) is 10.9. The number of amides is 1. The Labute approximate surface area is 188 Å². The van der Waals surface area contributed by atoms with Gasteiger partial charge in [-0.25, -0.2) is 9.18 Å². The van der Waals surface area contributed by atoms with Gasteiger partial charge in [0.1, 0.15) is 11.6 Å². The van der Waals surface area contributed by atoms with Gasteiger partial charge in [-0.15, -0.1) is 11.8 Å². The zero-order valence-corrected chi connectivity index (χ0v) is 19.3. The zero-order valence-electron chi connectivity index (χ0n) is 18.4. The van der Waals surface area contributed by atoms with Crippen LogP contribution in [0.4, 0.5) is 15.9 Å². The van der Waals surface area contributed by atoms with Gasteiger partial charge in [0.05, 0.1) is 12.4 Å². The van der Waals surface area contributed by atoms with Gasteiger partial charge in [-0.1, -0.05) is 19.9 Å². The first-order chi connectivity index (χ1) is 15.1. The Morgan fingerprint density at radius 2 is 2.00 bits per heavy atom. The molecule has 32 heavy (non-hydrogen) atoms. The molecular weight excluding hydrogens is 439 g/mol. The second-order valence-corrected chi connectivity index (χ2v) is 8.54. The number of thioether (sulfide) groups is 1. The Bertz CT molecular complexity index is 1110. The molecule has 2 aromatic rings. The lowest BCUT2D eigenvalue weighted by molar-refractivity contribution is -0.116. The van der Waals surface area contributed by atoms with Crippen LogP contribution in [-0.4, -0.2) is 47.3 Å². The van der Waals surface area contributed by atoms with Crippen LogP contribution < -0.4 is 21.9 Å². The van der Waals surface area contributed by atoms with E-state index in [1.807, 2.05) is 13.8 Å². The fourth-order valence-electron chi connectivity index (χ4n) is 2.98. The second kappa shape index (κ2) is 11.1. The number of H-pyrrole nitrogens is 1. The number of hydrogen-bond acceptors (Lipinski definition) is 7. The van der Waals surface area contributed by atoms with Crippen molar-refractivity contribution in [1.82, 2.24) is 9.55 Å². The van der Waals surface area contributed by atoms with E-state index < -0.39 is 23.0 Å². The lowest BCUT2D eigenvalue weighted by atomic mass is 10.1. The number of ether oxygens (including phenoxy) is 1. The van der Waals surface area contributed by atoms with E-state index in [-0.39, 0.29) is 59.1 Å². The molecule has 0 saturated carbocycles. The van der Waals surface area contributed by atoms with E-state index in [0.29, 0.717) is 0 Å². The smallest absolute Gasteiger partial charge is 0.330 e. The molecule has 1 aromatic heterocycles. The molecule has 0 spiro atoms. The summed E-state index contributed by atoms with van der Waals surface area (Å²) >= 11 is 0.922. The number of carbonyl (C=O) groups is 2. The summed E-state index contributed by atoms with van der Waals surface area (Å²) in [6.45, 7) is 5.47. The number of nitrogen functional groups attached to an aromatic ring is 1. The standard InChI is InChI=1S/C21H27FN4O5S/c1-12(2)10-26-19(23)18(20(29)24-21(26)30)25(7-8-31-4)17(28)11-32-16-6-5-14(13(3)27)9-15(16)22/h5-6,9,12H,7-8,10-11,23H2,1-4H3,(H,24,29,30). The molecule has 0 fully saturated rings. The number of benzene rings is 1. The van der Waals surface area contributed by atoms with Crippen LogP contribution in [0.15, 0.2) is 32.7 Å². The summed E-state index contributed by atoms with van der Waals surface area (Å²) in [5.41, 5.74) is 4.75. The van der Waals surface area contributed by atoms with Gasteiger partial charge >= 0.3 is 5.69 Å². The zero-order chi connectivity index (χ0) is 24.0. The Morgan fingerprint density at radius 3 is 2.56 bits per heavy atom. The van der Waals surface area contributed by atoms with E-state index in [4.69, 9.17) is 10.5 Å². The largest absolute Gasteiger partial charge is 0.383 e. The molecule has 0 unspecified atom stereocenters. The normalized spacial score (nSPS) is 11.1. The number of nitrogens with zero attached hydrogens (tertiary/aromatic N) is 2. The van der Waals surface area contributed by atoms with Gasteiger partial charge in [-0.05, 0) is 25.0 Å². The van der Waals surface area contributed by atoms with Crippen LogP contribution in [-0.2, 0) is 16.1 Å². The monoisotopic (exact) mass is 466 g/mol. The number of halogens is 1. The van der Waals surface area contributed by atoms with Crippen LogP contribution in [0, 0.1) is 11.7 Å². The Morgan fingerprint density at radius 1 is 1.31 bits per heavy atom. The molecule has 0 aliphatic rings. The van der Waals surface area contributed by atoms with Gasteiger partial charge in [0.25, 0.3) is 5.56 Å². The number of carbonyl (C=O) groups excluding carboxylic acids is 2. The molecule has 1 aromatic carbocycles. The van der Waals surface area contributed by atoms with Crippen molar-refractivity contribution in [2.75, 3.05) is 36.6 Å². The fraction of sp³-hybridized carbons (Fsp3) is 0.429. The van der Waals surface area contributed by atoms with Crippen LogP contribution in [0.2, 0.25) is 0 Å². The molecule has 11 heteroatoms. The van der Waals surface area contributed by atoms with E-state index in [2.05, 4.69) is 4.98 Å². The van der Waals surface area contributed by atoms with Gasteiger partial charge in [0.2, 0.25) is 5.91 Å². The maximum atomic E-state index is 14.3. The number of aromatic amines is 1. The topological polar surface area (TPSA) is 127 Å². The molecule has 0 saturated heterocycles. The molecule has 1 amide bonds. The minimum atomic E-state index is -0.793. The summed E-state index contributed by atoms with van der Waals surface area (Å²) in [5.74, 6) is -1.68. The van der Waals surface area contributed by atoms with E-state index in [0.717, 1.165) is 22.7 Å². The number of nitrogens with one attached hydrogen (secondary N) is 1. The Kier molecular flexibility index (Phi) is 8.79. The molecule has 2 rings (SSSR count). The minimum Gasteiger partial charge on any atom is -0.383 e. The SMILES string of the molecule is COCCN(C(=O)CSc1ccc(C(C)=O)cc1F)c1c(N)n(CC(C)C)c(=O)[nH]c1=O. The number of ketones is 1. The highest BCUT2D eigenvalue weighted by Crippen LogP contribution is 2.25. The summed E-state index contributed by atoms with van der Waals surface area (Å²) in [6.07, 6.45) is 0. The highest BCUT2D eigenvalue weighted by Gasteiger charge is 2.24. The minimum absolute atomic E-state index is 0.00874. The molecule has 0 aliphatic carbocycles. The number of anilines is 2. The molecule has 1 heterocycles. The van der Waals surface area contributed by atoms with Crippen molar-refractivity contribution in [2.24, 2.45) is 5.92 Å². The quantitative estimate of drug-likeness (QED) is 0.404. The van der Waals surface area contributed by atoms with E-state index in [9.17, 15) is 23.6 Å². The first kappa shape index (κ1) is 25.3. The maximum Gasteiger partial charge on any atom is 0.330 e. The van der Waals surface area contributed by atoms with Crippen molar-refractivity contribution in [3.63, 3.8) is 0 Å².